The highest BCUT2D eigenvalue weighted by Gasteiger charge is 2.20. The lowest BCUT2D eigenvalue weighted by Gasteiger charge is -2.17. The number of hydrogen-bond donors (Lipinski definition) is 2. The van der Waals surface area contributed by atoms with Gasteiger partial charge in [-0.25, -0.2) is 9.37 Å². The van der Waals surface area contributed by atoms with Crippen molar-refractivity contribution in [1.29, 1.82) is 0 Å². The number of nitrogens with zero attached hydrogens (tertiary/aromatic N) is 3. The van der Waals surface area contributed by atoms with Gasteiger partial charge in [0.1, 0.15) is 23.5 Å². The summed E-state index contributed by atoms with van der Waals surface area (Å²) >= 11 is 0. The van der Waals surface area contributed by atoms with E-state index in [1.54, 1.807) is 47.0 Å². The molecule has 0 aliphatic carbocycles. The molecule has 2 N–H and O–H groups in total. The highest BCUT2D eigenvalue weighted by molar-refractivity contribution is 6.06. The molecule has 4 aromatic rings. The lowest BCUT2D eigenvalue weighted by molar-refractivity contribution is -0.385. The third-order valence-corrected chi connectivity index (χ3v) is 5.60. The van der Waals surface area contributed by atoms with Gasteiger partial charge in [0.15, 0.2) is 0 Å². The predicted molar refractivity (Wildman–Crippen MR) is 139 cm³/mol. The fraction of sp³-hybridized carbons (Fsp3) is 0.222. The van der Waals surface area contributed by atoms with Crippen LogP contribution in [0.5, 0.6) is 0 Å². The van der Waals surface area contributed by atoms with Crippen LogP contribution >= 0.6 is 0 Å². The summed E-state index contributed by atoms with van der Waals surface area (Å²) in [6.45, 7) is 6.01. The average molecular weight is 504 g/mol. The molecule has 2 amide bonds. The van der Waals surface area contributed by atoms with E-state index in [-0.39, 0.29) is 35.1 Å². The second-order valence-corrected chi connectivity index (χ2v) is 9.88. The standard InChI is InChI=1S/C27H26FN5O4/c1-27(2,3)14-25(34)30-19-8-10-22-18(12-19)13-23(32(22)16-17-6-4-5-7-21(17)28)26(35)31-24-11-9-20(15-29-24)33(36)37/h4-13,15H,14,16H2,1-3H3,(H,30,34)(H,29,31,35). The molecule has 0 unspecified atom stereocenters. The number of amides is 2. The second-order valence-electron chi connectivity index (χ2n) is 9.88. The number of halogens is 1. The van der Waals surface area contributed by atoms with Crippen molar-refractivity contribution in [1.82, 2.24) is 9.55 Å². The van der Waals surface area contributed by atoms with Crippen LogP contribution in [0, 0.1) is 21.3 Å². The van der Waals surface area contributed by atoms with Crippen molar-refractivity contribution in [3.63, 3.8) is 0 Å². The number of nitrogens with one attached hydrogen (secondary N) is 2. The normalized spacial score (nSPS) is 11.4. The zero-order chi connectivity index (χ0) is 26.7. The molecular formula is C27H26FN5O4. The molecule has 0 radical (unpaired) electrons. The Morgan fingerprint density at radius 1 is 1.05 bits per heavy atom. The van der Waals surface area contributed by atoms with Gasteiger partial charge in [-0.15, -0.1) is 0 Å². The molecule has 0 fully saturated rings. The Balaban J connectivity index is 1.69. The molecule has 0 spiro atoms. The number of carbonyl (C=O) groups excluding carboxylic acids is 2. The molecule has 9 nitrogen and oxygen atoms in total. The first-order valence-electron chi connectivity index (χ1n) is 11.6. The van der Waals surface area contributed by atoms with Crippen LogP contribution in [0.2, 0.25) is 0 Å². The van der Waals surface area contributed by atoms with Crippen molar-refractivity contribution < 1.29 is 18.9 Å². The first-order chi connectivity index (χ1) is 17.5. The minimum absolute atomic E-state index is 0.0857. The van der Waals surface area contributed by atoms with Crippen LogP contribution in [0.3, 0.4) is 0 Å². The third-order valence-electron chi connectivity index (χ3n) is 5.60. The van der Waals surface area contributed by atoms with Crippen molar-refractivity contribution in [2.75, 3.05) is 10.6 Å². The number of carbonyl (C=O) groups is 2. The summed E-state index contributed by atoms with van der Waals surface area (Å²) in [5, 5.41) is 17.1. The molecular weight excluding hydrogens is 477 g/mol. The molecule has 0 aliphatic heterocycles. The van der Waals surface area contributed by atoms with Gasteiger partial charge in [0.05, 0.1) is 11.5 Å². The summed E-state index contributed by atoms with van der Waals surface area (Å²) < 4.78 is 16.2. The van der Waals surface area contributed by atoms with Crippen LogP contribution in [0.15, 0.2) is 66.9 Å². The van der Waals surface area contributed by atoms with Crippen molar-refractivity contribution in [2.45, 2.75) is 33.7 Å². The van der Waals surface area contributed by atoms with Crippen LogP contribution in [0.25, 0.3) is 10.9 Å². The van der Waals surface area contributed by atoms with Gasteiger partial charge in [-0.1, -0.05) is 39.0 Å². The maximum absolute atomic E-state index is 14.5. The fourth-order valence-corrected chi connectivity index (χ4v) is 3.94. The van der Waals surface area contributed by atoms with Gasteiger partial charge in [0.2, 0.25) is 5.91 Å². The summed E-state index contributed by atoms with van der Waals surface area (Å²) in [4.78, 5) is 39.9. The number of nitro groups is 1. The highest BCUT2D eigenvalue weighted by Crippen LogP contribution is 2.27. The molecule has 4 rings (SSSR count). The molecule has 10 heteroatoms. The van der Waals surface area contributed by atoms with Crippen molar-refractivity contribution >= 4 is 39.9 Å². The first kappa shape index (κ1) is 25.5. The lowest BCUT2D eigenvalue weighted by Crippen LogP contribution is -2.19. The van der Waals surface area contributed by atoms with E-state index in [2.05, 4.69) is 15.6 Å². The van der Waals surface area contributed by atoms with Crippen LogP contribution in [0.4, 0.5) is 21.6 Å². The molecule has 190 valence electrons. The topological polar surface area (TPSA) is 119 Å². The van der Waals surface area contributed by atoms with Crippen LogP contribution in [0.1, 0.15) is 43.2 Å². The number of pyridine rings is 1. The Morgan fingerprint density at radius 3 is 2.46 bits per heavy atom. The zero-order valence-electron chi connectivity index (χ0n) is 20.6. The van der Waals surface area contributed by atoms with Crippen molar-refractivity contribution in [3.05, 3.63) is 94.0 Å². The van der Waals surface area contributed by atoms with Crippen molar-refractivity contribution in [2.24, 2.45) is 5.41 Å². The SMILES string of the molecule is CC(C)(C)CC(=O)Nc1ccc2c(c1)cc(C(=O)Nc1ccc([N+](=O)[O-])cn1)n2Cc1ccccc1F. The fourth-order valence-electron chi connectivity index (χ4n) is 3.94. The number of benzene rings is 2. The van der Waals surface area contributed by atoms with Gasteiger partial charge in [-0.3, -0.25) is 19.7 Å². The van der Waals surface area contributed by atoms with E-state index >= 15 is 0 Å². The third kappa shape index (κ3) is 6.16. The molecule has 2 aromatic heterocycles. The summed E-state index contributed by atoms with van der Waals surface area (Å²) in [6.07, 6.45) is 1.40. The summed E-state index contributed by atoms with van der Waals surface area (Å²) in [5.74, 6) is -0.917. The Morgan fingerprint density at radius 2 is 1.81 bits per heavy atom. The van der Waals surface area contributed by atoms with E-state index in [0.29, 0.717) is 28.6 Å². The molecule has 0 aliphatic rings. The minimum atomic E-state index is -0.581. The summed E-state index contributed by atoms with van der Waals surface area (Å²) in [6, 6.07) is 15.8. The largest absolute Gasteiger partial charge is 0.332 e. The van der Waals surface area contributed by atoms with E-state index in [0.717, 1.165) is 6.20 Å². The Labute approximate surface area is 212 Å². The number of hydrogen-bond acceptors (Lipinski definition) is 5. The van der Waals surface area contributed by atoms with E-state index in [4.69, 9.17) is 0 Å². The molecule has 0 bridgehead atoms. The van der Waals surface area contributed by atoms with Gasteiger partial charge < -0.3 is 15.2 Å². The molecule has 2 heterocycles. The van der Waals surface area contributed by atoms with Crippen molar-refractivity contribution in [3.8, 4) is 0 Å². The van der Waals surface area contributed by atoms with Gasteiger partial charge in [-0.2, -0.15) is 0 Å². The number of aromatic nitrogens is 2. The highest BCUT2D eigenvalue weighted by atomic mass is 19.1. The maximum atomic E-state index is 14.5. The number of rotatable bonds is 7. The van der Waals surface area contributed by atoms with E-state index in [9.17, 15) is 24.1 Å². The Bertz CT molecular complexity index is 1490. The maximum Gasteiger partial charge on any atom is 0.287 e. The van der Waals surface area contributed by atoms with Gasteiger partial charge in [0, 0.05) is 34.6 Å². The second kappa shape index (κ2) is 10.2. The van der Waals surface area contributed by atoms with E-state index < -0.39 is 16.6 Å². The van der Waals surface area contributed by atoms with Crippen LogP contribution in [-0.2, 0) is 11.3 Å². The summed E-state index contributed by atoms with van der Waals surface area (Å²) in [7, 11) is 0. The smallest absolute Gasteiger partial charge is 0.287 e. The van der Waals surface area contributed by atoms with Gasteiger partial charge in [0.25, 0.3) is 11.6 Å². The van der Waals surface area contributed by atoms with Gasteiger partial charge >= 0.3 is 0 Å². The summed E-state index contributed by atoms with van der Waals surface area (Å²) in [5.41, 5.74) is 1.50. The molecule has 2 aromatic carbocycles. The monoisotopic (exact) mass is 503 g/mol. The Kier molecular flexibility index (Phi) is 7.01. The van der Waals surface area contributed by atoms with Gasteiger partial charge in [-0.05, 0) is 41.8 Å². The van der Waals surface area contributed by atoms with Crippen LogP contribution in [-0.4, -0.2) is 26.3 Å². The quantitative estimate of drug-likeness (QED) is 0.246. The predicted octanol–water partition coefficient (Wildman–Crippen LogP) is 5.76. The van der Waals surface area contributed by atoms with E-state index in [1.165, 1.54) is 18.2 Å². The minimum Gasteiger partial charge on any atom is -0.332 e. The first-order valence-corrected chi connectivity index (χ1v) is 11.6. The lowest BCUT2D eigenvalue weighted by atomic mass is 9.92. The number of anilines is 2. The molecule has 0 atom stereocenters. The molecule has 0 saturated heterocycles. The molecule has 0 saturated carbocycles. The van der Waals surface area contributed by atoms with E-state index in [1.807, 2.05) is 20.8 Å². The number of fused-ring (bicyclic) bond motifs is 1. The average Bonchev–Trinajstić information content (AvgIpc) is 3.17. The Hall–Kier alpha value is -4.60. The zero-order valence-corrected chi connectivity index (χ0v) is 20.6. The van der Waals surface area contributed by atoms with Crippen LogP contribution < -0.4 is 10.6 Å². The molecule has 37 heavy (non-hydrogen) atoms.